The summed E-state index contributed by atoms with van der Waals surface area (Å²) in [4.78, 5) is 7.43. The van der Waals surface area contributed by atoms with Crippen LogP contribution >= 0.6 is 12.2 Å². The number of fused-ring (bicyclic) bond motifs is 1. The Labute approximate surface area is 112 Å². The fourth-order valence-electron chi connectivity index (χ4n) is 3.47. The minimum Gasteiger partial charge on any atom is -0.329 e. The lowest BCUT2D eigenvalue weighted by atomic mass is 9.93. The molecule has 0 amide bonds. The highest BCUT2D eigenvalue weighted by molar-refractivity contribution is 7.71. The molecular weight excluding hydrogens is 242 g/mol. The Bertz CT molecular complexity index is 613. The minimum atomic E-state index is 0.540. The van der Waals surface area contributed by atoms with Gasteiger partial charge in [-0.15, -0.1) is 0 Å². The van der Waals surface area contributed by atoms with Gasteiger partial charge in [0, 0.05) is 12.2 Å². The minimum absolute atomic E-state index is 0.540. The Kier molecular flexibility index (Phi) is 2.98. The number of nitrogens with one attached hydrogen (secondary N) is 1. The predicted octanol–water partition coefficient (Wildman–Crippen LogP) is 4.09. The molecule has 1 N–H and O–H groups in total. The molecule has 3 rings (SSSR count). The number of hydrogen-bond donors (Lipinski definition) is 1. The van der Waals surface area contributed by atoms with Crippen LogP contribution in [0, 0.1) is 16.6 Å². The van der Waals surface area contributed by atoms with E-state index in [0.717, 1.165) is 16.2 Å². The van der Waals surface area contributed by atoms with Crippen molar-refractivity contribution >= 4 is 23.3 Å². The Hall–Kier alpha value is -1.16. The van der Waals surface area contributed by atoms with Crippen molar-refractivity contribution in [2.45, 2.75) is 39.2 Å². The second-order valence-corrected chi connectivity index (χ2v) is 5.75. The highest BCUT2D eigenvalue weighted by Gasteiger charge is 2.33. The van der Waals surface area contributed by atoms with Gasteiger partial charge in [0.15, 0.2) is 4.77 Å². The van der Waals surface area contributed by atoms with Crippen LogP contribution in [0.25, 0.3) is 11.0 Å². The van der Waals surface area contributed by atoms with Crippen LogP contribution in [-0.2, 0) is 0 Å². The zero-order valence-electron chi connectivity index (χ0n) is 10.9. The molecule has 0 radical (unpaired) electrons. The van der Waals surface area contributed by atoms with Gasteiger partial charge >= 0.3 is 0 Å². The standard InChI is InChI=1S/C14H19N3S/c1-3-10-4-5-12(9(10)2)17-13-6-7-15-8-11(13)16-14(17)18/h6-10,12H,3-5H2,1-2H3,(H,16,18). The summed E-state index contributed by atoms with van der Waals surface area (Å²) in [6.07, 6.45) is 7.54. The van der Waals surface area contributed by atoms with Crippen molar-refractivity contribution in [3.8, 4) is 0 Å². The number of aromatic amines is 1. The number of H-pyrrole nitrogens is 1. The summed E-state index contributed by atoms with van der Waals surface area (Å²) in [7, 11) is 0. The molecule has 1 aliphatic rings. The van der Waals surface area contributed by atoms with E-state index in [2.05, 4.69) is 34.4 Å². The molecule has 3 atom stereocenters. The third-order valence-electron chi connectivity index (χ3n) is 4.56. The van der Waals surface area contributed by atoms with Crippen LogP contribution in [-0.4, -0.2) is 14.5 Å². The lowest BCUT2D eigenvalue weighted by Crippen LogP contribution is -2.15. The number of nitrogens with zero attached hydrogens (tertiary/aromatic N) is 2. The number of hydrogen-bond acceptors (Lipinski definition) is 2. The third-order valence-corrected chi connectivity index (χ3v) is 4.86. The maximum Gasteiger partial charge on any atom is 0.178 e. The predicted molar refractivity (Wildman–Crippen MR) is 76.1 cm³/mol. The Morgan fingerprint density at radius 3 is 3.06 bits per heavy atom. The van der Waals surface area contributed by atoms with Crippen LogP contribution < -0.4 is 0 Å². The molecule has 0 saturated heterocycles. The molecule has 2 aromatic heterocycles. The zero-order valence-corrected chi connectivity index (χ0v) is 11.7. The van der Waals surface area contributed by atoms with E-state index in [-0.39, 0.29) is 0 Å². The molecular formula is C14H19N3S. The van der Waals surface area contributed by atoms with Crippen molar-refractivity contribution in [1.82, 2.24) is 14.5 Å². The molecule has 2 heterocycles. The maximum atomic E-state index is 5.50. The number of aromatic nitrogens is 3. The first-order valence-electron chi connectivity index (χ1n) is 6.76. The average molecular weight is 261 g/mol. The highest BCUT2D eigenvalue weighted by Crippen LogP contribution is 2.42. The van der Waals surface area contributed by atoms with Gasteiger partial charge in [-0.05, 0) is 43.0 Å². The van der Waals surface area contributed by atoms with Gasteiger partial charge in [-0.1, -0.05) is 20.3 Å². The molecule has 3 unspecified atom stereocenters. The van der Waals surface area contributed by atoms with Crippen LogP contribution in [0.1, 0.15) is 39.2 Å². The zero-order chi connectivity index (χ0) is 12.7. The van der Waals surface area contributed by atoms with E-state index in [1.54, 1.807) is 0 Å². The fourth-order valence-corrected chi connectivity index (χ4v) is 3.82. The van der Waals surface area contributed by atoms with Crippen molar-refractivity contribution in [2.24, 2.45) is 11.8 Å². The first-order chi connectivity index (χ1) is 8.72. The Morgan fingerprint density at radius 2 is 2.33 bits per heavy atom. The molecule has 0 bridgehead atoms. The van der Waals surface area contributed by atoms with E-state index in [0.29, 0.717) is 12.0 Å². The van der Waals surface area contributed by atoms with Gasteiger partial charge in [0.05, 0.1) is 17.2 Å². The van der Waals surface area contributed by atoms with E-state index < -0.39 is 0 Å². The molecule has 1 fully saturated rings. The van der Waals surface area contributed by atoms with Crippen molar-refractivity contribution in [3.63, 3.8) is 0 Å². The average Bonchev–Trinajstić information content (AvgIpc) is 2.88. The van der Waals surface area contributed by atoms with Gasteiger partial charge in [-0.3, -0.25) is 4.98 Å². The van der Waals surface area contributed by atoms with Crippen LogP contribution in [0.15, 0.2) is 18.5 Å². The van der Waals surface area contributed by atoms with Gasteiger partial charge in [0.2, 0.25) is 0 Å². The lowest BCUT2D eigenvalue weighted by Gasteiger charge is -2.21. The van der Waals surface area contributed by atoms with E-state index >= 15 is 0 Å². The monoisotopic (exact) mass is 261 g/mol. The normalized spacial score (nSPS) is 28.0. The van der Waals surface area contributed by atoms with E-state index in [4.69, 9.17) is 12.2 Å². The summed E-state index contributed by atoms with van der Waals surface area (Å²) in [5.41, 5.74) is 2.25. The summed E-state index contributed by atoms with van der Waals surface area (Å²) in [6.45, 7) is 4.66. The molecule has 96 valence electrons. The Balaban J connectivity index is 2.10. The molecule has 1 aliphatic carbocycles. The summed E-state index contributed by atoms with van der Waals surface area (Å²) in [5.74, 6) is 1.54. The van der Waals surface area contributed by atoms with Crippen molar-refractivity contribution in [3.05, 3.63) is 23.2 Å². The number of pyridine rings is 1. The van der Waals surface area contributed by atoms with E-state index in [1.165, 1.54) is 24.8 Å². The summed E-state index contributed by atoms with van der Waals surface area (Å²) in [5, 5.41) is 0. The summed E-state index contributed by atoms with van der Waals surface area (Å²) in [6, 6.07) is 2.60. The van der Waals surface area contributed by atoms with E-state index in [9.17, 15) is 0 Å². The van der Waals surface area contributed by atoms with Crippen molar-refractivity contribution < 1.29 is 0 Å². The van der Waals surface area contributed by atoms with Crippen LogP contribution in [0.3, 0.4) is 0 Å². The van der Waals surface area contributed by atoms with Gasteiger partial charge in [0.1, 0.15) is 0 Å². The van der Waals surface area contributed by atoms with Gasteiger partial charge in [-0.25, -0.2) is 0 Å². The summed E-state index contributed by atoms with van der Waals surface area (Å²) < 4.78 is 3.15. The molecule has 0 spiro atoms. The topological polar surface area (TPSA) is 33.6 Å². The lowest BCUT2D eigenvalue weighted by molar-refractivity contribution is 0.332. The first-order valence-corrected chi connectivity index (χ1v) is 7.17. The van der Waals surface area contributed by atoms with Gasteiger partial charge < -0.3 is 9.55 Å². The van der Waals surface area contributed by atoms with Crippen molar-refractivity contribution in [2.75, 3.05) is 0 Å². The largest absolute Gasteiger partial charge is 0.329 e. The molecule has 4 heteroatoms. The molecule has 1 saturated carbocycles. The second kappa shape index (κ2) is 4.50. The van der Waals surface area contributed by atoms with Gasteiger partial charge in [-0.2, -0.15) is 0 Å². The molecule has 18 heavy (non-hydrogen) atoms. The van der Waals surface area contributed by atoms with Gasteiger partial charge in [0.25, 0.3) is 0 Å². The molecule has 3 nitrogen and oxygen atoms in total. The molecule has 2 aromatic rings. The second-order valence-electron chi connectivity index (χ2n) is 5.37. The number of imidazole rings is 1. The van der Waals surface area contributed by atoms with Crippen LogP contribution in [0.4, 0.5) is 0 Å². The van der Waals surface area contributed by atoms with Crippen LogP contribution in [0.2, 0.25) is 0 Å². The highest BCUT2D eigenvalue weighted by atomic mass is 32.1. The fraction of sp³-hybridized carbons (Fsp3) is 0.571. The first kappa shape index (κ1) is 11.9. The van der Waals surface area contributed by atoms with Crippen LogP contribution in [0.5, 0.6) is 0 Å². The van der Waals surface area contributed by atoms with E-state index in [1.807, 2.05) is 12.4 Å². The third kappa shape index (κ3) is 1.70. The SMILES string of the molecule is CCC1CCC(n2c(=S)[nH]c3cnccc32)C1C. The maximum absolute atomic E-state index is 5.50. The molecule has 0 aliphatic heterocycles. The quantitative estimate of drug-likeness (QED) is 0.826. The molecule has 0 aromatic carbocycles. The number of rotatable bonds is 2. The Morgan fingerprint density at radius 1 is 1.50 bits per heavy atom. The summed E-state index contributed by atoms with van der Waals surface area (Å²) >= 11 is 5.50. The smallest absolute Gasteiger partial charge is 0.178 e. The van der Waals surface area contributed by atoms with Crippen molar-refractivity contribution in [1.29, 1.82) is 0 Å².